The summed E-state index contributed by atoms with van der Waals surface area (Å²) in [6, 6.07) is 6.25. The van der Waals surface area contributed by atoms with Crippen molar-refractivity contribution >= 4 is 24.2 Å². The lowest BCUT2D eigenvalue weighted by atomic mass is 9.91. The van der Waals surface area contributed by atoms with Gasteiger partial charge in [0.25, 0.3) is 5.60 Å². The van der Waals surface area contributed by atoms with Crippen LogP contribution >= 0.6 is 0 Å². The molecule has 0 N–H and O–H groups in total. The number of hydrogen-bond acceptors (Lipinski definition) is 7. The van der Waals surface area contributed by atoms with E-state index in [2.05, 4.69) is 37.7 Å². The average molecular weight is 633 g/mol. The number of cyclic esters (lactones) is 2. The molecule has 1 saturated heterocycles. The van der Waals surface area contributed by atoms with Crippen LogP contribution < -0.4 is 0 Å². The highest BCUT2D eigenvalue weighted by molar-refractivity contribution is 5.95. The minimum absolute atomic E-state index is 0.293. The fraction of sp³-hybridized carbons (Fsp3) is 0.486. The maximum atomic E-state index is 14.4. The Morgan fingerprint density at radius 1 is 0.933 bits per heavy atom. The van der Waals surface area contributed by atoms with E-state index in [1.165, 1.54) is 35.4 Å². The lowest BCUT2D eigenvalue weighted by Gasteiger charge is -2.34. The highest BCUT2D eigenvalue weighted by Gasteiger charge is 2.64. The van der Waals surface area contributed by atoms with Crippen molar-refractivity contribution < 1.29 is 46.6 Å². The number of aldehydes is 1. The molecule has 1 fully saturated rings. The summed E-state index contributed by atoms with van der Waals surface area (Å²) < 4.78 is 57.9. The maximum Gasteiger partial charge on any atom is 0.432 e. The number of ether oxygens (including phenoxy) is 3. The fourth-order valence-corrected chi connectivity index (χ4v) is 4.98. The molecule has 1 heterocycles. The monoisotopic (exact) mass is 632 g/mol. The minimum atomic E-state index is -5.23. The molecule has 0 saturated carbocycles. The number of carbonyl (C=O) groups is 4. The Bertz CT molecular complexity index is 1300. The smallest absolute Gasteiger partial charge is 0.432 e. The average Bonchev–Trinajstić information content (AvgIpc) is 3.31. The maximum absolute atomic E-state index is 14.4. The molecule has 2 rings (SSSR count). The number of carbonyl (C=O) groups excluding carboxylic acids is 4. The summed E-state index contributed by atoms with van der Waals surface area (Å²) in [5.74, 6) is -5.05. The van der Waals surface area contributed by atoms with Gasteiger partial charge < -0.3 is 14.2 Å². The molecule has 1 aliphatic heterocycles. The minimum Gasteiger partial charge on any atom is -0.458 e. The zero-order valence-electron chi connectivity index (χ0n) is 26.6. The van der Waals surface area contributed by atoms with E-state index in [0.29, 0.717) is 24.7 Å². The van der Waals surface area contributed by atoms with Gasteiger partial charge in [0, 0.05) is 19.1 Å². The first-order valence-corrected chi connectivity index (χ1v) is 15.0. The molecule has 0 amide bonds. The lowest BCUT2D eigenvalue weighted by Crippen LogP contribution is -2.53. The Hall–Kier alpha value is -3.79. The van der Waals surface area contributed by atoms with E-state index in [4.69, 9.17) is 9.47 Å². The van der Waals surface area contributed by atoms with Gasteiger partial charge in [-0.3, -0.25) is 14.4 Å². The van der Waals surface area contributed by atoms with Crippen LogP contribution in [0.4, 0.5) is 13.2 Å². The third-order valence-corrected chi connectivity index (χ3v) is 7.60. The number of esters is 3. The van der Waals surface area contributed by atoms with Gasteiger partial charge in [-0.1, -0.05) is 71.4 Å². The first kappa shape index (κ1) is 37.4. The summed E-state index contributed by atoms with van der Waals surface area (Å²) in [6.45, 7) is 8.28. The molecule has 0 aliphatic carbocycles. The molecular weight excluding hydrogens is 589 g/mol. The Labute approximate surface area is 263 Å². The number of allylic oxidation sites excluding steroid dienone is 7. The van der Waals surface area contributed by atoms with Crippen molar-refractivity contribution in [2.45, 2.75) is 96.9 Å². The Balaban J connectivity index is 2.16. The van der Waals surface area contributed by atoms with Crippen LogP contribution in [0.5, 0.6) is 0 Å². The van der Waals surface area contributed by atoms with Crippen molar-refractivity contribution in [2.75, 3.05) is 7.11 Å². The molecule has 0 bridgehead atoms. The summed E-state index contributed by atoms with van der Waals surface area (Å²) in [4.78, 5) is 49.3. The van der Waals surface area contributed by atoms with Gasteiger partial charge in [0.2, 0.25) is 0 Å². The predicted molar refractivity (Wildman–Crippen MR) is 164 cm³/mol. The van der Waals surface area contributed by atoms with E-state index >= 15 is 0 Å². The molecule has 0 aromatic heterocycles. The van der Waals surface area contributed by atoms with Crippen LogP contribution in [0.25, 0.3) is 0 Å². The molecule has 1 aromatic carbocycles. The van der Waals surface area contributed by atoms with E-state index in [9.17, 15) is 32.3 Å². The van der Waals surface area contributed by atoms with Crippen molar-refractivity contribution in [1.82, 2.24) is 0 Å². The molecule has 45 heavy (non-hydrogen) atoms. The number of methoxy groups -OCH3 is 1. The number of halogens is 3. The van der Waals surface area contributed by atoms with Crippen LogP contribution in [0.15, 0.2) is 76.9 Å². The lowest BCUT2D eigenvalue weighted by molar-refractivity contribution is -0.278. The quantitative estimate of drug-likeness (QED) is 0.0568. The number of alkyl halides is 3. The summed E-state index contributed by atoms with van der Waals surface area (Å²) in [5, 5.41) is 0. The molecule has 246 valence electrons. The predicted octanol–water partition coefficient (Wildman–Crippen LogP) is 7.81. The van der Waals surface area contributed by atoms with Crippen LogP contribution in [-0.4, -0.2) is 43.6 Å². The summed E-state index contributed by atoms with van der Waals surface area (Å²) in [5.41, 5.74) is 0.0837. The number of benzene rings is 1. The van der Waals surface area contributed by atoms with Gasteiger partial charge in [-0.15, -0.1) is 0 Å². The first-order chi connectivity index (χ1) is 21.2. The molecule has 1 aromatic rings. The Morgan fingerprint density at radius 3 is 2.00 bits per heavy atom. The highest BCUT2D eigenvalue weighted by Crippen LogP contribution is 2.44. The third-order valence-electron chi connectivity index (χ3n) is 7.60. The summed E-state index contributed by atoms with van der Waals surface area (Å²) >= 11 is 0. The normalized spacial score (nSPS) is 18.2. The molecular formula is C35H43F3O7. The Kier molecular flexibility index (Phi) is 14.7. The summed E-state index contributed by atoms with van der Waals surface area (Å²) in [6.07, 6.45) is 5.59. The van der Waals surface area contributed by atoms with E-state index in [0.717, 1.165) is 50.5 Å². The van der Waals surface area contributed by atoms with Gasteiger partial charge in [0.15, 0.2) is 0 Å². The van der Waals surface area contributed by atoms with Gasteiger partial charge in [-0.2, -0.15) is 13.2 Å². The fourth-order valence-electron chi connectivity index (χ4n) is 4.98. The Morgan fingerprint density at radius 2 is 1.51 bits per heavy atom. The molecule has 10 heteroatoms. The number of hydrogen-bond donors (Lipinski definition) is 0. The van der Waals surface area contributed by atoms with E-state index < -0.39 is 53.7 Å². The van der Waals surface area contributed by atoms with Gasteiger partial charge in [-0.05, 0) is 71.8 Å². The molecule has 1 aliphatic rings. The van der Waals surface area contributed by atoms with Gasteiger partial charge in [0.1, 0.15) is 18.3 Å². The standard InChI is InChI=1S/C35H43F3O7/c1-24(2)12-9-13-25(3)14-10-15-26(4)16-11-17-27(23-39)20-21-30(29-22-31(40)45-32(29)41)44-33(42)34(43-5,35(36,37)38)28-18-7-6-8-19-28/h6-8,12,14,16,18-20,23,29-30H,9-11,13,15,17,21-22H2,1-5H3/b25-14+,26-16+,27-20+/t29-,30+,34+/m0/s1. The van der Waals surface area contributed by atoms with Crippen molar-refractivity contribution in [3.8, 4) is 0 Å². The largest absolute Gasteiger partial charge is 0.458 e. The van der Waals surface area contributed by atoms with Gasteiger partial charge >= 0.3 is 24.1 Å². The topological polar surface area (TPSA) is 96.0 Å². The zero-order chi connectivity index (χ0) is 33.6. The van der Waals surface area contributed by atoms with Crippen molar-refractivity contribution in [3.05, 3.63) is 82.5 Å². The number of rotatable bonds is 17. The van der Waals surface area contributed by atoms with Crippen LogP contribution in [0.2, 0.25) is 0 Å². The van der Waals surface area contributed by atoms with E-state index in [-0.39, 0.29) is 6.42 Å². The molecule has 0 unspecified atom stereocenters. The second-order valence-electron chi connectivity index (χ2n) is 11.4. The third kappa shape index (κ3) is 11.0. The van der Waals surface area contributed by atoms with Crippen LogP contribution in [0, 0.1) is 5.92 Å². The van der Waals surface area contributed by atoms with E-state index in [1.807, 2.05) is 13.0 Å². The van der Waals surface area contributed by atoms with Crippen LogP contribution in [-0.2, 0) is 39.0 Å². The van der Waals surface area contributed by atoms with Gasteiger partial charge in [0.05, 0.1) is 6.42 Å². The van der Waals surface area contributed by atoms with Crippen molar-refractivity contribution in [2.24, 2.45) is 5.92 Å². The van der Waals surface area contributed by atoms with Crippen LogP contribution in [0.1, 0.15) is 84.6 Å². The second kappa shape index (κ2) is 17.6. The zero-order valence-corrected chi connectivity index (χ0v) is 26.6. The highest BCUT2D eigenvalue weighted by atomic mass is 19.4. The first-order valence-electron chi connectivity index (χ1n) is 15.0. The molecule has 3 atom stereocenters. The van der Waals surface area contributed by atoms with Gasteiger partial charge in [-0.25, -0.2) is 4.79 Å². The SMILES string of the molecule is CO[C@@](C(=O)O[C@H](C/C=C(/C=O)CC/C=C(\C)CC/C=C(\C)CCC=C(C)C)[C@@H]1CC(=O)OC1=O)(c1ccccc1)C(F)(F)F. The van der Waals surface area contributed by atoms with E-state index in [1.54, 1.807) is 0 Å². The van der Waals surface area contributed by atoms with Crippen molar-refractivity contribution in [1.29, 1.82) is 0 Å². The molecule has 0 radical (unpaired) electrons. The second-order valence-corrected chi connectivity index (χ2v) is 11.4. The molecule has 7 nitrogen and oxygen atoms in total. The van der Waals surface area contributed by atoms with Crippen LogP contribution in [0.3, 0.4) is 0 Å². The van der Waals surface area contributed by atoms with Crippen molar-refractivity contribution in [3.63, 3.8) is 0 Å². The molecule has 0 spiro atoms. The summed E-state index contributed by atoms with van der Waals surface area (Å²) in [7, 11) is 0.730.